The number of hydrogen-bond donors (Lipinski definition) is 1. The smallest absolute Gasteiger partial charge is 0.129 e. The minimum absolute atomic E-state index is 0.182. The van der Waals surface area contributed by atoms with Gasteiger partial charge in [-0.1, -0.05) is 24.6 Å². The van der Waals surface area contributed by atoms with Crippen LogP contribution in [-0.2, 0) is 0 Å². The molecule has 1 heterocycles. The van der Waals surface area contributed by atoms with Crippen molar-refractivity contribution >= 4 is 23.1 Å². The van der Waals surface area contributed by atoms with Crippen LogP contribution in [0.3, 0.4) is 0 Å². The van der Waals surface area contributed by atoms with Crippen LogP contribution in [0.25, 0.3) is 0 Å². The number of hydrogen-bond acceptors (Lipinski definition) is 4. The zero-order valence-corrected chi connectivity index (χ0v) is 10.5. The Morgan fingerprint density at radius 2 is 2.18 bits per heavy atom. The minimum atomic E-state index is 0.182. The largest absolute Gasteiger partial charge is 0.496 e. The van der Waals surface area contributed by atoms with Crippen molar-refractivity contribution < 1.29 is 4.74 Å². The number of ether oxygens (including phenoxy) is 1. The van der Waals surface area contributed by atoms with Gasteiger partial charge in [-0.2, -0.15) is 5.10 Å². The molecule has 0 fully saturated rings. The lowest BCUT2D eigenvalue weighted by Gasteiger charge is -2.19. The highest BCUT2D eigenvalue weighted by atomic mass is 35.5. The lowest BCUT2D eigenvalue weighted by Crippen LogP contribution is -2.25. The molecule has 0 spiro atoms. The summed E-state index contributed by atoms with van der Waals surface area (Å²) < 4.78 is 5.31. The lowest BCUT2D eigenvalue weighted by atomic mass is 9.93. The monoisotopic (exact) mass is 251 g/mol. The topological polar surface area (TPSA) is 60.0 Å². The SMILES string of the molecule is COc1cccc(Cl)c1C1=NN=C(N)CC1C. The van der Waals surface area contributed by atoms with Crippen molar-refractivity contribution in [3.63, 3.8) is 0 Å². The molecule has 0 bridgehead atoms. The van der Waals surface area contributed by atoms with E-state index in [4.69, 9.17) is 22.1 Å². The summed E-state index contributed by atoms with van der Waals surface area (Å²) in [5.74, 6) is 1.44. The summed E-state index contributed by atoms with van der Waals surface area (Å²) in [4.78, 5) is 0. The third-order valence-electron chi connectivity index (χ3n) is 2.72. The van der Waals surface area contributed by atoms with Gasteiger partial charge in [0.25, 0.3) is 0 Å². The molecule has 2 rings (SSSR count). The van der Waals surface area contributed by atoms with Crippen LogP contribution < -0.4 is 10.5 Å². The van der Waals surface area contributed by atoms with Gasteiger partial charge in [-0.15, -0.1) is 5.10 Å². The Labute approximate surface area is 105 Å². The molecule has 1 aliphatic heterocycles. The fourth-order valence-electron chi connectivity index (χ4n) is 1.89. The molecule has 1 atom stereocenters. The number of nitrogens with two attached hydrogens (primary N) is 1. The molecule has 0 aliphatic carbocycles. The Morgan fingerprint density at radius 1 is 1.41 bits per heavy atom. The molecule has 1 unspecified atom stereocenters. The van der Waals surface area contributed by atoms with E-state index in [0.29, 0.717) is 23.0 Å². The van der Waals surface area contributed by atoms with Crippen LogP contribution in [0.4, 0.5) is 0 Å². The highest BCUT2D eigenvalue weighted by molar-refractivity contribution is 6.35. The van der Waals surface area contributed by atoms with Crippen molar-refractivity contribution in [3.05, 3.63) is 28.8 Å². The van der Waals surface area contributed by atoms with E-state index in [9.17, 15) is 0 Å². The summed E-state index contributed by atoms with van der Waals surface area (Å²) in [5, 5.41) is 8.69. The van der Waals surface area contributed by atoms with Crippen LogP contribution in [0.1, 0.15) is 18.9 Å². The van der Waals surface area contributed by atoms with E-state index in [-0.39, 0.29) is 5.92 Å². The summed E-state index contributed by atoms with van der Waals surface area (Å²) in [6.45, 7) is 2.04. The van der Waals surface area contributed by atoms with Crippen molar-refractivity contribution in [1.29, 1.82) is 0 Å². The van der Waals surface area contributed by atoms with E-state index in [1.54, 1.807) is 7.11 Å². The van der Waals surface area contributed by atoms with Crippen LogP contribution in [0, 0.1) is 5.92 Å². The molecule has 1 aliphatic rings. The summed E-state index contributed by atoms with van der Waals surface area (Å²) in [6.07, 6.45) is 0.688. The van der Waals surface area contributed by atoms with Gasteiger partial charge in [0.15, 0.2) is 0 Å². The van der Waals surface area contributed by atoms with Crippen molar-refractivity contribution in [3.8, 4) is 5.75 Å². The molecule has 4 nitrogen and oxygen atoms in total. The van der Waals surface area contributed by atoms with Crippen molar-refractivity contribution in [2.75, 3.05) is 7.11 Å². The standard InChI is InChI=1S/C12H14ClN3O/c1-7-6-10(14)15-16-12(7)11-8(13)4-3-5-9(11)17-2/h3-5,7H,6H2,1-2H3,(H2,14,15). The van der Waals surface area contributed by atoms with Crippen molar-refractivity contribution in [2.24, 2.45) is 21.9 Å². The average molecular weight is 252 g/mol. The Morgan fingerprint density at radius 3 is 2.82 bits per heavy atom. The predicted molar refractivity (Wildman–Crippen MR) is 69.9 cm³/mol. The molecule has 2 N–H and O–H groups in total. The zero-order valence-electron chi connectivity index (χ0n) is 9.77. The van der Waals surface area contributed by atoms with Gasteiger partial charge in [0.2, 0.25) is 0 Å². The Bertz CT molecular complexity index is 497. The van der Waals surface area contributed by atoms with Gasteiger partial charge in [-0.3, -0.25) is 0 Å². The third kappa shape index (κ3) is 2.26. The van der Waals surface area contributed by atoms with Gasteiger partial charge in [0.05, 0.1) is 23.4 Å². The fourth-order valence-corrected chi connectivity index (χ4v) is 2.15. The first-order valence-corrected chi connectivity index (χ1v) is 5.74. The minimum Gasteiger partial charge on any atom is -0.496 e. The molecular weight excluding hydrogens is 238 g/mol. The van der Waals surface area contributed by atoms with E-state index >= 15 is 0 Å². The summed E-state index contributed by atoms with van der Waals surface area (Å²) in [6, 6.07) is 5.52. The summed E-state index contributed by atoms with van der Waals surface area (Å²) in [5.41, 5.74) is 7.28. The van der Waals surface area contributed by atoms with E-state index in [0.717, 1.165) is 11.3 Å². The van der Waals surface area contributed by atoms with E-state index in [1.165, 1.54) is 0 Å². The van der Waals surface area contributed by atoms with Gasteiger partial charge < -0.3 is 10.5 Å². The number of benzene rings is 1. The first-order valence-electron chi connectivity index (χ1n) is 5.36. The average Bonchev–Trinajstić information content (AvgIpc) is 2.30. The van der Waals surface area contributed by atoms with Crippen molar-refractivity contribution in [2.45, 2.75) is 13.3 Å². The first-order chi connectivity index (χ1) is 8.13. The number of nitrogens with zero attached hydrogens (tertiary/aromatic N) is 2. The molecule has 90 valence electrons. The molecule has 17 heavy (non-hydrogen) atoms. The molecule has 0 amide bonds. The van der Waals surface area contributed by atoms with Crippen molar-refractivity contribution in [1.82, 2.24) is 0 Å². The fraction of sp³-hybridized carbons (Fsp3) is 0.333. The zero-order chi connectivity index (χ0) is 12.4. The number of rotatable bonds is 2. The van der Waals surface area contributed by atoms with Gasteiger partial charge in [0, 0.05) is 12.3 Å². The van der Waals surface area contributed by atoms with Crippen LogP contribution in [0.15, 0.2) is 28.4 Å². The van der Waals surface area contributed by atoms with E-state index in [2.05, 4.69) is 10.2 Å². The number of methoxy groups -OCH3 is 1. The highest BCUT2D eigenvalue weighted by Crippen LogP contribution is 2.31. The number of amidine groups is 1. The number of halogens is 1. The first kappa shape index (κ1) is 11.9. The van der Waals surface area contributed by atoms with Gasteiger partial charge >= 0.3 is 0 Å². The van der Waals surface area contributed by atoms with Crippen LogP contribution in [0.5, 0.6) is 5.75 Å². The van der Waals surface area contributed by atoms with Gasteiger partial charge in [0.1, 0.15) is 11.6 Å². The van der Waals surface area contributed by atoms with Gasteiger partial charge in [-0.05, 0) is 12.1 Å². The third-order valence-corrected chi connectivity index (χ3v) is 3.03. The Hall–Kier alpha value is -1.55. The maximum Gasteiger partial charge on any atom is 0.129 e. The molecule has 0 radical (unpaired) electrons. The maximum absolute atomic E-state index is 6.20. The molecule has 0 saturated carbocycles. The van der Waals surface area contributed by atoms with E-state index in [1.807, 2.05) is 25.1 Å². The second-order valence-electron chi connectivity index (χ2n) is 4.00. The lowest BCUT2D eigenvalue weighted by molar-refractivity contribution is 0.413. The second kappa shape index (κ2) is 4.75. The normalized spacial score (nSPS) is 19.6. The molecule has 0 saturated heterocycles. The highest BCUT2D eigenvalue weighted by Gasteiger charge is 2.23. The summed E-state index contributed by atoms with van der Waals surface area (Å²) in [7, 11) is 1.61. The maximum atomic E-state index is 6.20. The second-order valence-corrected chi connectivity index (χ2v) is 4.41. The molecule has 5 heteroatoms. The molecule has 1 aromatic carbocycles. The molecular formula is C12H14ClN3O. The van der Waals surface area contributed by atoms with Gasteiger partial charge in [-0.25, -0.2) is 0 Å². The molecule has 0 aromatic heterocycles. The quantitative estimate of drug-likeness (QED) is 0.878. The molecule has 1 aromatic rings. The van der Waals surface area contributed by atoms with Crippen LogP contribution in [0.2, 0.25) is 5.02 Å². The van der Waals surface area contributed by atoms with E-state index < -0.39 is 0 Å². The Kier molecular flexibility index (Phi) is 3.33. The predicted octanol–water partition coefficient (Wildman–Crippen LogP) is 2.45. The van der Waals surface area contributed by atoms with Crippen LogP contribution in [-0.4, -0.2) is 18.7 Å². The van der Waals surface area contributed by atoms with Crippen LogP contribution >= 0.6 is 11.6 Å². The Balaban J connectivity index is 2.54. The summed E-state index contributed by atoms with van der Waals surface area (Å²) >= 11 is 6.20.